The van der Waals surface area contributed by atoms with Crippen LogP contribution in [-0.2, 0) is 0 Å². The van der Waals surface area contributed by atoms with Gasteiger partial charge in [0.1, 0.15) is 0 Å². The predicted molar refractivity (Wildman–Crippen MR) is 106 cm³/mol. The first-order chi connectivity index (χ1) is 10.7. The number of hydrazone groups is 1. The molecule has 0 aliphatic rings. The molecule has 118 valence electrons. The van der Waals surface area contributed by atoms with Crippen molar-refractivity contribution in [3.63, 3.8) is 0 Å². The van der Waals surface area contributed by atoms with Crippen LogP contribution in [0.4, 0.5) is 5.13 Å². The van der Waals surface area contributed by atoms with Gasteiger partial charge in [-0.15, -0.1) is 28.3 Å². The predicted octanol–water partition coefficient (Wildman–Crippen LogP) is 6.14. The summed E-state index contributed by atoms with van der Waals surface area (Å²) in [7, 11) is 0. The molecule has 7 heteroatoms. The maximum absolute atomic E-state index is 6.08. The van der Waals surface area contributed by atoms with Crippen molar-refractivity contribution in [3.05, 3.63) is 69.5 Å². The molecule has 0 radical (unpaired) electrons. The summed E-state index contributed by atoms with van der Waals surface area (Å²) >= 11 is 13.6. The van der Waals surface area contributed by atoms with Crippen LogP contribution in [-0.4, -0.2) is 11.2 Å². The van der Waals surface area contributed by atoms with Gasteiger partial charge in [-0.25, -0.2) is 4.98 Å². The average molecular weight is 429 g/mol. The van der Waals surface area contributed by atoms with Gasteiger partial charge in [0.25, 0.3) is 0 Å². The molecule has 3 nitrogen and oxygen atoms in total. The number of hydrogen-bond donors (Lipinski definition) is 1. The molecule has 0 bridgehead atoms. The quantitative estimate of drug-likeness (QED) is 0.400. The highest BCUT2D eigenvalue weighted by Gasteiger charge is 2.04. The Morgan fingerprint density at radius 1 is 1.00 bits per heavy atom. The highest BCUT2D eigenvalue weighted by Crippen LogP contribution is 2.25. The van der Waals surface area contributed by atoms with Gasteiger partial charge >= 0.3 is 0 Å². The van der Waals surface area contributed by atoms with Crippen LogP contribution in [0.2, 0.25) is 10.0 Å². The minimum absolute atomic E-state index is 0. The largest absolute Gasteiger partial charge is 0.253 e. The molecule has 1 aromatic heterocycles. The van der Waals surface area contributed by atoms with Crippen molar-refractivity contribution >= 4 is 62.9 Å². The normalized spacial score (nSPS) is 10.5. The number of thiazole rings is 1. The first-order valence-electron chi connectivity index (χ1n) is 6.48. The summed E-state index contributed by atoms with van der Waals surface area (Å²) in [5.74, 6) is 0. The van der Waals surface area contributed by atoms with Crippen LogP contribution in [0.25, 0.3) is 11.3 Å². The second kappa shape index (κ2) is 8.45. The number of nitrogens with one attached hydrogen (secondary N) is 1. The van der Waals surface area contributed by atoms with Crippen molar-refractivity contribution < 1.29 is 0 Å². The zero-order valence-corrected chi connectivity index (χ0v) is 15.8. The molecular formula is C16H12BrCl2N3S. The van der Waals surface area contributed by atoms with E-state index in [-0.39, 0.29) is 17.0 Å². The number of benzene rings is 2. The van der Waals surface area contributed by atoms with E-state index in [1.54, 1.807) is 24.4 Å². The van der Waals surface area contributed by atoms with Gasteiger partial charge in [0.05, 0.1) is 22.0 Å². The molecule has 0 atom stereocenters. The van der Waals surface area contributed by atoms with Crippen LogP contribution < -0.4 is 5.43 Å². The highest BCUT2D eigenvalue weighted by atomic mass is 79.9. The summed E-state index contributed by atoms with van der Waals surface area (Å²) in [5.41, 5.74) is 5.57. The van der Waals surface area contributed by atoms with Gasteiger partial charge in [0.15, 0.2) is 0 Å². The molecule has 0 spiro atoms. The fourth-order valence-electron chi connectivity index (χ4n) is 1.85. The maximum Gasteiger partial charge on any atom is 0.203 e. The van der Waals surface area contributed by atoms with Crippen molar-refractivity contribution in [1.82, 2.24) is 4.98 Å². The van der Waals surface area contributed by atoms with Crippen LogP contribution in [0.1, 0.15) is 5.56 Å². The molecule has 0 aliphatic carbocycles. The van der Waals surface area contributed by atoms with E-state index < -0.39 is 0 Å². The lowest BCUT2D eigenvalue weighted by atomic mass is 10.2. The lowest BCUT2D eigenvalue weighted by Gasteiger charge is -2.00. The Hall–Kier alpha value is -1.40. The van der Waals surface area contributed by atoms with Crippen molar-refractivity contribution in [2.24, 2.45) is 5.10 Å². The Bertz CT molecular complexity index is 786. The van der Waals surface area contributed by atoms with Gasteiger partial charge in [0.2, 0.25) is 5.13 Å². The van der Waals surface area contributed by atoms with Crippen molar-refractivity contribution in [3.8, 4) is 11.3 Å². The number of nitrogens with zero attached hydrogens (tertiary/aromatic N) is 2. The minimum atomic E-state index is 0. The monoisotopic (exact) mass is 427 g/mol. The van der Waals surface area contributed by atoms with E-state index in [1.165, 1.54) is 11.3 Å². The van der Waals surface area contributed by atoms with Crippen LogP contribution in [0.5, 0.6) is 0 Å². The molecule has 0 saturated carbocycles. The molecule has 1 heterocycles. The van der Waals surface area contributed by atoms with Crippen LogP contribution in [0, 0.1) is 0 Å². The molecular weight excluding hydrogens is 417 g/mol. The standard InChI is InChI=1S/C16H11Cl2N3S.BrH/c17-13-7-4-8-14(18)12(13)9-19-21-16-20-15(10-22-16)11-5-2-1-3-6-11;/h1-10H,(H,20,21);1H/b19-9+;. The lowest BCUT2D eigenvalue weighted by Crippen LogP contribution is -1.91. The average Bonchev–Trinajstić information content (AvgIpc) is 3.00. The van der Waals surface area contributed by atoms with Gasteiger partial charge in [-0.2, -0.15) is 5.10 Å². The first kappa shape index (κ1) is 17.9. The molecule has 3 rings (SSSR count). The topological polar surface area (TPSA) is 37.3 Å². The van der Waals surface area contributed by atoms with E-state index in [0.29, 0.717) is 20.7 Å². The summed E-state index contributed by atoms with van der Waals surface area (Å²) in [6, 6.07) is 15.3. The molecule has 0 amide bonds. The molecule has 2 aromatic carbocycles. The Labute approximate surface area is 158 Å². The smallest absolute Gasteiger partial charge is 0.203 e. The first-order valence-corrected chi connectivity index (χ1v) is 8.11. The van der Waals surface area contributed by atoms with Crippen molar-refractivity contribution in [1.29, 1.82) is 0 Å². The summed E-state index contributed by atoms with van der Waals surface area (Å²) < 4.78 is 0. The van der Waals surface area contributed by atoms with E-state index in [4.69, 9.17) is 23.2 Å². The van der Waals surface area contributed by atoms with Gasteiger partial charge in [-0.3, -0.25) is 5.43 Å². The van der Waals surface area contributed by atoms with E-state index in [1.807, 2.05) is 35.7 Å². The van der Waals surface area contributed by atoms with Gasteiger partial charge in [-0.05, 0) is 12.1 Å². The SMILES string of the molecule is Br.Clc1cccc(Cl)c1/C=N/Nc1nc(-c2ccccc2)cs1. The number of halogens is 3. The molecule has 1 N–H and O–H groups in total. The molecule has 23 heavy (non-hydrogen) atoms. The Morgan fingerprint density at radius 2 is 1.70 bits per heavy atom. The summed E-state index contributed by atoms with van der Waals surface area (Å²) in [6.45, 7) is 0. The second-order valence-corrected chi connectivity index (χ2v) is 6.08. The minimum Gasteiger partial charge on any atom is -0.253 e. The maximum atomic E-state index is 6.08. The van der Waals surface area contributed by atoms with Gasteiger partial charge < -0.3 is 0 Å². The number of rotatable bonds is 4. The van der Waals surface area contributed by atoms with Crippen LogP contribution in [0.15, 0.2) is 59.0 Å². The molecule has 0 unspecified atom stereocenters. The summed E-state index contributed by atoms with van der Waals surface area (Å²) in [4.78, 5) is 4.48. The number of aromatic nitrogens is 1. The van der Waals surface area contributed by atoms with E-state index >= 15 is 0 Å². The van der Waals surface area contributed by atoms with E-state index in [2.05, 4.69) is 15.5 Å². The van der Waals surface area contributed by atoms with Crippen molar-refractivity contribution in [2.75, 3.05) is 5.43 Å². The third kappa shape index (κ3) is 4.54. The Balaban J connectivity index is 0.00000192. The van der Waals surface area contributed by atoms with Crippen LogP contribution >= 0.6 is 51.5 Å². The fourth-order valence-corrected chi connectivity index (χ4v) is 3.02. The summed E-state index contributed by atoms with van der Waals surface area (Å²) in [5, 5.41) is 7.95. The number of anilines is 1. The molecule has 0 saturated heterocycles. The Morgan fingerprint density at radius 3 is 2.39 bits per heavy atom. The zero-order valence-electron chi connectivity index (χ0n) is 11.7. The molecule has 0 aliphatic heterocycles. The third-order valence-electron chi connectivity index (χ3n) is 2.93. The fraction of sp³-hybridized carbons (Fsp3) is 0. The second-order valence-electron chi connectivity index (χ2n) is 4.41. The highest BCUT2D eigenvalue weighted by molar-refractivity contribution is 8.93. The van der Waals surface area contributed by atoms with Crippen LogP contribution in [0.3, 0.4) is 0 Å². The van der Waals surface area contributed by atoms with Gasteiger partial charge in [-0.1, -0.05) is 59.6 Å². The third-order valence-corrected chi connectivity index (χ3v) is 4.33. The number of hydrogen-bond acceptors (Lipinski definition) is 4. The zero-order chi connectivity index (χ0) is 15.4. The van der Waals surface area contributed by atoms with Crippen molar-refractivity contribution in [2.45, 2.75) is 0 Å². The molecule has 3 aromatic rings. The molecule has 0 fully saturated rings. The Kier molecular flexibility index (Phi) is 6.59. The lowest BCUT2D eigenvalue weighted by molar-refractivity contribution is 1.29. The van der Waals surface area contributed by atoms with Gasteiger partial charge in [0, 0.05) is 16.5 Å². The van der Waals surface area contributed by atoms with E-state index in [9.17, 15) is 0 Å². The summed E-state index contributed by atoms with van der Waals surface area (Å²) in [6.07, 6.45) is 1.59. The van der Waals surface area contributed by atoms with E-state index in [0.717, 1.165) is 11.3 Å².